The number of hydrogen-bond donors (Lipinski definition) is 2. The maximum Gasteiger partial charge on any atom is 0.119 e. The van der Waals surface area contributed by atoms with Crippen molar-refractivity contribution in [2.75, 3.05) is 20.3 Å². The largest absolute Gasteiger partial charge is 0.497 e. The number of halogens is 1. The van der Waals surface area contributed by atoms with Crippen molar-refractivity contribution in [3.05, 3.63) is 28.2 Å². The minimum atomic E-state index is -0.0422. The summed E-state index contributed by atoms with van der Waals surface area (Å²) in [5.74, 6) is 0.731. The molecule has 0 saturated heterocycles. The van der Waals surface area contributed by atoms with Gasteiger partial charge in [-0.05, 0) is 23.8 Å². The fourth-order valence-corrected chi connectivity index (χ4v) is 1.83. The van der Waals surface area contributed by atoms with Crippen molar-refractivity contribution in [1.29, 1.82) is 0 Å². The highest BCUT2D eigenvalue weighted by molar-refractivity contribution is 9.10. The molecule has 4 heteroatoms. The molecule has 1 rings (SSSR count). The Bertz CT molecular complexity index is 300. The molecular formula is C10H14BrNO2. The molecule has 0 amide bonds. The van der Waals surface area contributed by atoms with E-state index in [1.807, 2.05) is 18.2 Å². The minimum Gasteiger partial charge on any atom is -0.497 e. The molecule has 1 aromatic carbocycles. The first kappa shape index (κ1) is 11.5. The van der Waals surface area contributed by atoms with Crippen molar-refractivity contribution in [3.8, 4) is 5.75 Å². The molecule has 78 valence electrons. The molecule has 1 unspecified atom stereocenters. The molecule has 3 nitrogen and oxygen atoms in total. The Hall–Kier alpha value is -0.580. The zero-order valence-electron chi connectivity index (χ0n) is 8.03. The van der Waals surface area contributed by atoms with E-state index in [4.69, 9.17) is 15.6 Å². The third kappa shape index (κ3) is 2.47. The molecular weight excluding hydrogens is 246 g/mol. The molecule has 0 bridgehead atoms. The first-order valence-electron chi connectivity index (χ1n) is 4.37. The summed E-state index contributed by atoms with van der Waals surface area (Å²) in [7, 11) is 1.61. The van der Waals surface area contributed by atoms with E-state index in [0.717, 1.165) is 15.8 Å². The number of ether oxygens (including phenoxy) is 1. The van der Waals surface area contributed by atoms with Gasteiger partial charge in [0.15, 0.2) is 0 Å². The normalized spacial score (nSPS) is 12.6. The van der Waals surface area contributed by atoms with E-state index in [1.54, 1.807) is 7.11 Å². The van der Waals surface area contributed by atoms with Crippen LogP contribution in [0.5, 0.6) is 5.75 Å². The van der Waals surface area contributed by atoms with Gasteiger partial charge in [-0.3, -0.25) is 0 Å². The summed E-state index contributed by atoms with van der Waals surface area (Å²) in [6, 6.07) is 5.64. The highest BCUT2D eigenvalue weighted by Gasteiger charge is 2.12. The molecule has 0 aliphatic heterocycles. The second kappa shape index (κ2) is 5.34. The van der Waals surface area contributed by atoms with Gasteiger partial charge in [0.1, 0.15) is 5.75 Å². The second-order valence-corrected chi connectivity index (χ2v) is 3.86. The van der Waals surface area contributed by atoms with E-state index in [0.29, 0.717) is 6.54 Å². The Morgan fingerprint density at radius 2 is 2.29 bits per heavy atom. The van der Waals surface area contributed by atoms with Crippen LogP contribution in [-0.4, -0.2) is 25.4 Å². The quantitative estimate of drug-likeness (QED) is 0.862. The van der Waals surface area contributed by atoms with Gasteiger partial charge >= 0.3 is 0 Å². The highest BCUT2D eigenvalue weighted by Crippen LogP contribution is 2.28. The van der Waals surface area contributed by atoms with Gasteiger partial charge < -0.3 is 15.6 Å². The Kier molecular flexibility index (Phi) is 4.38. The predicted octanol–water partition coefficient (Wildman–Crippen LogP) is 1.49. The van der Waals surface area contributed by atoms with Crippen LogP contribution in [-0.2, 0) is 0 Å². The number of hydrogen-bond acceptors (Lipinski definition) is 3. The van der Waals surface area contributed by atoms with E-state index in [9.17, 15) is 0 Å². The maximum atomic E-state index is 9.13. The fourth-order valence-electron chi connectivity index (χ4n) is 1.26. The minimum absolute atomic E-state index is 0.0422. The Morgan fingerprint density at radius 3 is 2.79 bits per heavy atom. The van der Waals surface area contributed by atoms with Crippen LogP contribution in [0.4, 0.5) is 0 Å². The van der Waals surface area contributed by atoms with Crippen LogP contribution in [0.3, 0.4) is 0 Å². The lowest BCUT2D eigenvalue weighted by Gasteiger charge is -2.14. The fraction of sp³-hybridized carbons (Fsp3) is 0.400. The Labute approximate surface area is 92.0 Å². The SMILES string of the molecule is COc1ccc(Br)c(C(CN)CO)c1. The van der Waals surface area contributed by atoms with Crippen LogP contribution in [0.15, 0.2) is 22.7 Å². The topological polar surface area (TPSA) is 55.5 Å². The van der Waals surface area contributed by atoms with E-state index < -0.39 is 0 Å². The number of rotatable bonds is 4. The van der Waals surface area contributed by atoms with Crippen LogP contribution in [0.2, 0.25) is 0 Å². The smallest absolute Gasteiger partial charge is 0.119 e. The van der Waals surface area contributed by atoms with Crippen molar-refractivity contribution in [3.63, 3.8) is 0 Å². The summed E-state index contributed by atoms with van der Waals surface area (Å²) >= 11 is 3.42. The average molecular weight is 260 g/mol. The van der Waals surface area contributed by atoms with Gasteiger partial charge in [-0.2, -0.15) is 0 Å². The van der Waals surface area contributed by atoms with Crippen LogP contribution in [0.1, 0.15) is 11.5 Å². The zero-order valence-corrected chi connectivity index (χ0v) is 9.62. The second-order valence-electron chi connectivity index (χ2n) is 3.00. The monoisotopic (exact) mass is 259 g/mol. The van der Waals surface area contributed by atoms with Crippen molar-refractivity contribution >= 4 is 15.9 Å². The van der Waals surface area contributed by atoms with Gasteiger partial charge in [0, 0.05) is 16.9 Å². The van der Waals surface area contributed by atoms with Crippen LogP contribution in [0, 0.1) is 0 Å². The predicted molar refractivity (Wildman–Crippen MR) is 59.6 cm³/mol. The van der Waals surface area contributed by atoms with Crippen molar-refractivity contribution < 1.29 is 9.84 Å². The summed E-state index contributed by atoms with van der Waals surface area (Å²) < 4.78 is 6.05. The summed E-state index contributed by atoms with van der Waals surface area (Å²) in [6.07, 6.45) is 0. The molecule has 3 N–H and O–H groups in total. The maximum absolute atomic E-state index is 9.13. The number of methoxy groups -OCH3 is 1. The molecule has 0 fully saturated rings. The molecule has 1 aromatic rings. The van der Waals surface area contributed by atoms with Gasteiger partial charge in [-0.25, -0.2) is 0 Å². The number of aliphatic hydroxyl groups is 1. The van der Waals surface area contributed by atoms with Crippen LogP contribution < -0.4 is 10.5 Å². The molecule has 1 atom stereocenters. The van der Waals surface area contributed by atoms with Crippen molar-refractivity contribution in [2.24, 2.45) is 5.73 Å². The Morgan fingerprint density at radius 1 is 1.57 bits per heavy atom. The van der Waals surface area contributed by atoms with E-state index >= 15 is 0 Å². The van der Waals surface area contributed by atoms with Gasteiger partial charge in [0.25, 0.3) is 0 Å². The molecule has 0 aliphatic rings. The molecule has 0 aliphatic carbocycles. The van der Waals surface area contributed by atoms with E-state index in [1.165, 1.54) is 0 Å². The van der Waals surface area contributed by atoms with Crippen LogP contribution in [0.25, 0.3) is 0 Å². The molecule has 0 spiro atoms. The Balaban J connectivity index is 3.04. The van der Waals surface area contributed by atoms with E-state index in [2.05, 4.69) is 15.9 Å². The molecule has 0 heterocycles. The molecule has 0 radical (unpaired) electrons. The zero-order chi connectivity index (χ0) is 10.6. The summed E-state index contributed by atoms with van der Waals surface area (Å²) in [5, 5.41) is 9.13. The number of nitrogens with two attached hydrogens (primary N) is 1. The van der Waals surface area contributed by atoms with Crippen LogP contribution >= 0.6 is 15.9 Å². The summed E-state index contributed by atoms with van der Waals surface area (Å²) in [4.78, 5) is 0. The van der Waals surface area contributed by atoms with Gasteiger partial charge in [-0.15, -0.1) is 0 Å². The van der Waals surface area contributed by atoms with Gasteiger partial charge in [0.2, 0.25) is 0 Å². The lowest BCUT2D eigenvalue weighted by atomic mass is 10.00. The van der Waals surface area contributed by atoms with Gasteiger partial charge in [0.05, 0.1) is 13.7 Å². The summed E-state index contributed by atoms with van der Waals surface area (Å²) in [6.45, 7) is 0.463. The lowest BCUT2D eigenvalue weighted by Crippen LogP contribution is -2.16. The van der Waals surface area contributed by atoms with Gasteiger partial charge in [-0.1, -0.05) is 15.9 Å². The third-order valence-electron chi connectivity index (χ3n) is 2.15. The van der Waals surface area contributed by atoms with Crippen molar-refractivity contribution in [2.45, 2.75) is 5.92 Å². The number of benzene rings is 1. The standard InChI is InChI=1S/C10H14BrNO2/c1-14-8-2-3-10(11)9(4-8)7(5-12)6-13/h2-4,7,13H,5-6,12H2,1H3. The first-order chi connectivity index (χ1) is 6.72. The highest BCUT2D eigenvalue weighted by atomic mass is 79.9. The molecule has 0 aromatic heterocycles. The first-order valence-corrected chi connectivity index (χ1v) is 5.16. The summed E-state index contributed by atoms with van der Waals surface area (Å²) in [5.41, 5.74) is 6.53. The molecule has 0 saturated carbocycles. The van der Waals surface area contributed by atoms with E-state index in [-0.39, 0.29) is 12.5 Å². The average Bonchev–Trinajstić information content (AvgIpc) is 2.22. The molecule has 14 heavy (non-hydrogen) atoms. The number of aliphatic hydroxyl groups excluding tert-OH is 1. The lowest BCUT2D eigenvalue weighted by molar-refractivity contribution is 0.267. The van der Waals surface area contributed by atoms with Crippen molar-refractivity contribution in [1.82, 2.24) is 0 Å². The third-order valence-corrected chi connectivity index (χ3v) is 2.87.